The summed E-state index contributed by atoms with van der Waals surface area (Å²) in [6.45, 7) is 14.8. The van der Waals surface area contributed by atoms with Gasteiger partial charge in [0.05, 0.1) is 11.4 Å². The number of rotatable bonds is 3. The van der Waals surface area contributed by atoms with E-state index in [2.05, 4.69) is 150 Å². The second-order valence-electron chi connectivity index (χ2n) is 20.0. The van der Waals surface area contributed by atoms with Gasteiger partial charge in [0.2, 0.25) is 0 Å². The molecule has 6 atom stereocenters. The zero-order valence-electron chi connectivity index (χ0n) is 31.8. The Morgan fingerprint density at radius 1 is 0.538 bits per heavy atom. The van der Waals surface area contributed by atoms with Crippen molar-refractivity contribution in [2.45, 2.75) is 102 Å². The third-order valence-corrected chi connectivity index (χ3v) is 16.8. The molecular weight excluding hydrogens is 627 g/mol. The van der Waals surface area contributed by atoms with Crippen molar-refractivity contribution < 1.29 is 0 Å². The standard InChI is InChI=1S/C51H51N/c1-47(2)23-24-48(3,4)46-39(47)18-12-20-42(46)52(32-21-22-34-33-13-7-9-15-36(33)49(5,6)40(34)28-32)41-19-11-17-38-45(41)35-14-8-10-16-37(35)51(38)43-26-30-25-31-27-44(51)50(31,43)29-30/h7-22,28,30-31,43-44H,23-27,29H2,1-6H3. The highest BCUT2D eigenvalue weighted by atomic mass is 15.2. The molecule has 260 valence electrons. The molecule has 7 aliphatic carbocycles. The quantitative estimate of drug-likeness (QED) is 0.184. The van der Waals surface area contributed by atoms with Crippen LogP contribution in [0.4, 0.5) is 17.1 Å². The smallest absolute Gasteiger partial charge is 0.0543 e. The number of hydrogen-bond donors (Lipinski definition) is 0. The fourth-order valence-electron chi connectivity index (χ4n) is 14.7. The number of anilines is 3. The molecule has 1 heteroatoms. The van der Waals surface area contributed by atoms with Crippen LogP contribution in [0.1, 0.15) is 113 Å². The van der Waals surface area contributed by atoms with E-state index in [1.54, 1.807) is 11.1 Å². The summed E-state index contributed by atoms with van der Waals surface area (Å²) in [6, 6.07) is 40.9. The van der Waals surface area contributed by atoms with Crippen molar-refractivity contribution in [3.8, 4) is 22.3 Å². The van der Waals surface area contributed by atoms with E-state index in [0.29, 0.717) is 5.41 Å². The van der Waals surface area contributed by atoms with Gasteiger partial charge in [-0.3, -0.25) is 0 Å². The van der Waals surface area contributed by atoms with Crippen molar-refractivity contribution in [2.75, 3.05) is 4.90 Å². The van der Waals surface area contributed by atoms with Gasteiger partial charge in [-0.2, -0.15) is 0 Å². The van der Waals surface area contributed by atoms with Gasteiger partial charge < -0.3 is 4.90 Å². The van der Waals surface area contributed by atoms with Gasteiger partial charge in [0.15, 0.2) is 0 Å². The van der Waals surface area contributed by atoms with Crippen molar-refractivity contribution >= 4 is 17.1 Å². The third kappa shape index (κ3) is 3.24. The number of benzene rings is 5. The Labute approximate surface area is 310 Å². The van der Waals surface area contributed by atoms with Crippen LogP contribution in [0.15, 0.2) is 103 Å². The van der Waals surface area contributed by atoms with E-state index >= 15 is 0 Å². The van der Waals surface area contributed by atoms with Crippen molar-refractivity contribution in [3.05, 3.63) is 137 Å². The third-order valence-electron chi connectivity index (χ3n) is 16.8. The Kier molecular flexibility index (Phi) is 5.45. The topological polar surface area (TPSA) is 3.24 Å². The van der Waals surface area contributed by atoms with Crippen LogP contribution in [0.5, 0.6) is 0 Å². The van der Waals surface area contributed by atoms with Crippen LogP contribution in [0.25, 0.3) is 22.3 Å². The fraction of sp³-hybridized carbons (Fsp3) is 0.412. The highest BCUT2D eigenvalue weighted by Gasteiger charge is 2.84. The normalized spacial score (nSPS) is 31.8. The predicted octanol–water partition coefficient (Wildman–Crippen LogP) is 13.1. The number of hydrogen-bond acceptors (Lipinski definition) is 1. The van der Waals surface area contributed by atoms with Gasteiger partial charge in [0, 0.05) is 22.1 Å². The minimum atomic E-state index is -0.0664. The van der Waals surface area contributed by atoms with E-state index < -0.39 is 0 Å². The van der Waals surface area contributed by atoms with Crippen LogP contribution in [-0.4, -0.2) is 0 Å². The van der Waals surface area contributed by atoms with Crippen molar-refractivity contribution in [1.82, 2.24) is 0 Å². The molecule has 5 aromatic rings. The molecule has 12 rings (SSSR count). The van der Waals surface area contributed by atoms with Gasteiger partial charge in [-0.15, -0.1) is 0 Å². The average molecular weight is 678 g/mol. The summed E-state index contributed by atoms with van der Waals surface area (Å²) in [5.74, 6) is 3.55. The van der Waals surface area contributed by atoms with Gasteiger partial charge in [0.25, 0.3) is 0 Å². The van der Waals surface area contributed by atoms with Crippen LogP contribution in [0, 0.1) is 29.1 Å². The lowest BCUT2D eigenvalue weighted by molar-refractivity contribution is -0.231. The molecule has 2 spiro atoms. The van der Waals surface area contributed by atoms with E-state index in [1.807, 2.05) is 0 Å². The second-order valence-corrected chi connectivity index (χ2v) is 20.0. The largest absolute Gasteiger partial charge is 0.310 e. The summed E-state index contributed by atoms with van der Waals surface area (Å²) in [4.78, 5) is 2.73. The van der Waals surface area contributed by atoms with E-state index in [1.165, 1.54) is 100 Å². The molecule has 0 N–H and O–H groups in total. The molecule has 0 saturated heterocycles. The van der Waals surface area contributed by atoms with E-state index in [4.69, 9.17) is 0 Å². The van der Waals surface area contributed by atoms with Gasteiger partial charge in [-0.25, -0.2) is 0 Å². The molecule has 0 radical (unpaired) electrons. The first kappa shape index (κ1) is 30.4. The molecule has 6 unspecified atom stereocenters. The SMILES string of the molecule is CC1(C)CCC(C)(C)c2c(N(c3ccc4c(c3)C(C)(C)c3ccccc3-4)c3cccc4c3-c3ccccc3C43C4CC5CC6CC3C64C5)cccc21. The van der Waals surface area contributed by atoms with Gasteiger partial charge in [-0.1, -0.05) is 120 Å². The Hall–Kier alpha value is -4.10. The molecule has 4 fully saturated rings. The summed E-state index contributed by atoms with van der Waals surface area (Å²) in [5, 5.41) is 0. The maximum atomic E-state index is 2.73. The van der Waals surface area contributed by atoms with Crippen molar-refractivity contribution in [1.29, 1.82) is 0 Å². The highest BCUT2D eigenvalue weighted by molar-refractivity contribution is 5.97. The lowest BCUT2D eigenvalue weighted by Crippen LogP contribution is -2.73. The van der Waals surface area contributed by atoms with E-state index in [-0.39, 0.29) is 21.7 Å². The lowest BCUT2D eigenvalue weighted by Gasteiger charge is -2.76. The van der Waals surface area contributed by atoms with Crippen LogP contribution in [-0.2, 0) is 21.7 Å². The first-order chi connectivity index (χ1) is 25.0. The Balaban J connectivity index is 1.14. The Morgan fingerprint density at radius 2 is 1.19 bits per heavy atom. The average Bonchev–Trinajstić information content (AvgIpc) is 3.83. The van der Waals surface area contributed by atoms with Crippen molar-refractivity contribution in [2.24, 2.45) is 29.1 Å². The zero-order chi connectivity index (χ0) is 35.2. The molecule has 7 aliphatic rings. The summed E-state index contributed by atoms with van der Waals surface area (Å²) < 4.78 is 0. The molecule has 0 amide bonds. The minimum Gasteiger partial charge on any atom is -0.310 e. The number of fused-ring (bicyclic) bond motifs is 12. The molecule has 2 bridgehead atoms. The maximum absolute atomic E-state index is 2.73. The molecule has 0 heterocycles. The summed E-state index contributed by atoms with van der Waals surface area (Å²) in [6.07, 6.45) is 8.29. The van der Waals surface area contributed by atoms with Crippen molar-refractivity contribution in [3.63, 3.8) is 0 Å². The summed E-state index contributed by atoms with van der Waals surface area (Å²) in [7, 11) is 0. The van der Waals surface area contributed by atoms with Crippen LogP contribution in [0.3, 0.4) is 0 Å². The maximum Gasteiger partial charge on any atom is 0.0543 e. The first-order valence-electron chi connectivity index (χ1n) is 20.4. The first-order valence-corrected chi connectivity index (χ1v) is 20.4. The Bertz CT molecular complexity index is 2410. The highest BCUT2D eigenvalue weighted by Crippen LogP contribution is 2.89. The van der Waals surface area contributed by atoms with Gasteiger partial charge in [0.1, 0.15) is 0 Å². The summed E-state index contributed by atoms with van der Waals surface area (Å²) in [5.41, 5.74) is 19.9. The molecule has 52 heavy (non-hydrogen) atoms. The molecule has 5 aromatic carbocycles. The Morgan fingerprint density at radius 3 is 2.00 bits per heavy atom. The van der Waals surface area contributed by atoms with Gasteiger partial charge >= 0.3 is 0 Å². The monoisotopic (exact) mass is 677 g/mol. The van der Waals surface area contributed by atoms with Gasteiger partial charge in [-0.05, 0) is 153 Å². The predicted molar refractivity (Wildman–Crippen MR) is 215 cm³/mol. The molecule has 0 aromatic heterocycles. The zero-order valence-corrected chi connectivity index (χ0v) is 31.8. The lowest BCUT2D eigenvalue weighted by atomic mass is 9.27. The molecule has 0 aliphatic heterocycles. The number of nitrogens with zero attached hydrogens (tertiary/aromatic N) is 1. The van der Waals surface area contributed by atoms with Crippen LogP contribution in [0.2, 0.25) is 0 Å². The molecular formula is C51H51N. The van der Waals surface area contributed by atoms with E-state index in [9.17, 15) is 0 Å². The minimum absolute atomic E-state index is 0.0629. The van der Waals surface area contributed by atoms with Crippen LogP contribution < -0.4 is 4.90 Å². The second kappa shape index (κ2) is 9.33. The molecule has 4 saturated carbocycles. The van der Waals surface area contributed by atoms with E-state index in [0.717, 1.165) is 23.7 Å². The summed E-state index contributed by atoms with van der Waals surface area (Å²) >= 11 is 0. The van der Waals surface area contributed by atoms with Crippen LogP contribution >= 0.6 is 0 Å². The molecule has 1 nitrogen and oxygen atoms in total. The fourth-order valence-corrected chi connectivity index (χ4v) is 14.7.